The predicted octanol–water partition coefficient (Wildman–Crippen LogP) is 1.60. The third-order valence-corrected chi connectivity index (χ3v) is 4.27. The van der Waals surface area contributed by atoms with Gasteiger partial charge in [-0.2, -0.15) is 0 Å². The summed E-state index contributed by atoms with van der Waals surface area (Å²) in [6.45, 7) is 5.42. The molecule has 2 amide bonds. The molecule has 7 heteroatoms. The monoisotopic (exact) mass is 317 g/mol. The minimum Gasteiger partial charge on any atom is -0.383 e. The second-order valence-electron chi connectivity index (χ2n) is 5.75. The number of carbonyl (C=O) groups excluding carboxylic acids is 1. The fraction of sp³-hybridized carbons (Fsp3) is 0.562. The lowest BCUT2D eigenvalue weighted by Gasteiger charge is -2.17. The van der Waals surface area contributed by atoms with Crippen molar-refractivity contribution in [1.82, 2.24) is 24.8 Å². The summed E-state index contributed by atoms with van der Waals surface area (Å²) in [6, 6.07) is 1.94. The third-order valence-electron chi connectivity index (χ3n) is 4.27. The van der Waals surface area contributed by atoms with Crippen molar-refractivity contribution < 1.29 is 9.53 Å². The van der Waals surface area contributed by atoms with Crippen LogP contribution in [0, 0.1) is 0 Å². The maximum Gasteiger partial charge on any atom is 0.317 e. The molecule has 0 radical (unpaired) electrons. The number of nitrogens with one attached hydrogen (secondary N) is 1. The molecule has 3 heterocycles. The van der Waals surface area contributed by atoms with Gasteiger partial charge >= 0.3 is 6.03 Å². The Labute approximate surface area is 135 Å². The number of hydrogen-bond acceptors (Lipinski definition) is 4. The molecule has 0 aliphatic carbocycles. The maximum absolute atomic E-state index is 12.0. The van der Waals surface area contributed by atoms with E-state index in [9.17, 15) is 4.79 Å². The Kier molecular flexibility index (Phi) is 4.76. The van der Waals surface area contributed by atoms with Crippen molar-refractivity contribution in [3.8, 4) is 0 Å². The van der Waals surface area contributed by atoms with Crippen LogP contribution in [0.5, 0.6) is 0 Å². The first-order chi connectivity index (χ1) is 11.2. The second kappa shape index (κ2) is 6.95. The number of fused-ring (bicyclic) bond motifs is 1. The van der Waals surface area contributed by atoms with E-state index in [1.807, 2.05) is 24.1 Å². The lowest BCUT2D eigenvalue weighted by Crippen LogP contribution is -2.38. The van der Waals surface area contributed by atoms with Gasteiger partial charge in [-0.15, -0.1) is 0 Å². The summed E-state index contributed by atoms with van der Waals surface area (Å²) in [4.78, 5) is 22.9. The summed E-state index contributed by atoms with van der Waals surface area (Å²) in [5.74, 6) is 1.28. The molecule has 1 aliphatic heterocycles. The van der Waals surface area contributed by atoms with Gasteiger partial charge in [0.2, 0.25) is 0 Å². The number of amides is 2. The summed E-state index contributed by atoms with van der Waals surface area (Å²) in [6.07, 6.45) is 4.54. The van der Waals surface area contributed by atoms with Gasteiger partial charge in [-0.05, 0) is 19.4 Å². The first-order valence-corrected chi connectivity index (χ1v) is 8.06. The van der Waals surface area contributed by atoms with Crippen LogP contribution in [0.1, 0.15) is 25.1 Å². The Morgan fingerprint density at radius 1 is 1.52 bits per heavy atom. The molecule has 1 unspecified atom stereocenters. The lowest BCUT2D eigenvalue weighted by atomic mass is 10.1. The van der Waals surface area contributed by atoms with Gasteiger partial charge in [0.25, 0.3) is 0 Å². The number of rotatable bonds is 5. The summed E-state index contributed by atoms with van der Waals surface area (Å²) in [5.41, 5.74) is 1.97. The molecule has 23 heavy (non-hydrogen) atoms. The van der Waals surface area contributed by atoms with Crippen LogP contribution in [0.25, 0.3) is 11.0 Å². The van der Waals surface area contributed by atoms with Gasteiger partial charge in [-0.3, -0.25) is 4.98 Å². The maximum atomic E-state index is 12.0. The quantitative estimate of drug-likeness (QED) is 0.909. The van der Waals surface area contributed by atoms with Crippen molar-refractivity contribution in [2.24, 2.45) is 0 Å². The summed E-state index contributed by atoms with van der Waals surface area (Å²) in [5, 5.41) is 2.86. The molecule has 1 saturated heterocycles. The van der Waals surface area contributed by atoms with Gasteiger partial charge in [0, 0.05) is 45.4 Å². The molecule has 1 aliphatic rings. The van der Waals surface area contributed by atoms with Gasteiger partial charge in [0.05, 0.1) is 23.8 Å². The van der Waals surface area contributed by atoms with Crippen molar-refractivity contribution in [2.45, 2.75) is 25.8 Å². The molecular weight excluding hydrogens is 294 g/mol. The highest BCUT2D eigenvalue weighted by Crippen LogP contribution is 2.29. The van der Waals surface area contributed by atoms with Gasteiger partial charge in [-0.25, -0.2) is 9.78 Å². The number of carbonyl (C=O) groups is 1. The van der Waals surface area contributed by atoms with Crippen molar-refractivity contribution >= 4 is 17.1 Å². The standard InChI is InChI=1S/C16H23N5O2/c1-3-18-16(22)20-7-5-12(11-20)15-19-13-4-6-17-10-14(13)21(15)8-9-23-2/h4,6,10,12H,3,5,7-9,11H2,1-2H3,(H,18,22). The molecule has 2 aromatic rings. The van der Waals surface area contributed by atoms with Crippen molar-refractivity contribution in [2.75, 3.05) is 33.4 Å². The second-order valence-corrected chi connectivity index (χ2v) is 5.75. The zero-order valence-corrected chi connectivity index (χ0v) is 13.7. The number of aromatic nitrogens is 3. The van der Waals surface area contributed by atoms with Gasteiger partial charge in [0.15, 0.2) is 0 Å². The highest BCUT2D eigenvalue weighted by atomic mass is 16.5. The van der Waals surface area contributed by atoms with Crippen LogP contribution in [0.3, 0.4) is 0 Å². The van der Waals surface area contributed by atoms with E-state index < -0.39 is 0 Å². The molecule has 124 valence electrons. The molecule has 1 atom stereocenters. The first kappa shape index (κ1) is 15.7. The van der Waals surface area contributed by atoms with Crippen LogP contribution < -0.4 is 5.32 Å². The Bertz CT molecular complexity index is 684. The molecule has 0 spiro atoms. The van der Waals surface area contributed by atoms with E-state index >= 15 is 0 Å². The molecule has 1 N–H and O–H groups in total. The van der Waals surface area contributed by atoms with Crippen molar-refractivity contribution in [3.05, 3.63) is 24.3 Å². The van der Waals surface area contributed by atoms with E-state index in [1.165, 1.54) is 0 Å². The number of hydrogen-bond donors (Lipinski definition) is 1. The fourth-order valence-corrected chi connectivity index (χ4v) is 3.14. The molecule has 1 fully saturated rings. The van der Waals surface area contributed by atoms with Crippen LogP contribution in [-0.2, 0) is 11.3 Å². The first-order valence-electron chi connectivity index (χ1n) is 8.06. The smallest absolute Gasteiger partial charge is 0.317 e. The van der Waals surface area contributed by atoms with E-state index in [2.05, 4.69) is 14.9 Å². The molecule has 3 rings (SSSR count). The predicted molar refractivity (Wildman–Crippen MR) is 87.4 cm³/mol. The van der Waals surface area contributed by atoms with E-state index in [0.717, 1.165) is 36.4 Å². The van der Waals surface area contributed by atoms with Gasteiger partial charge in [0.1, 0.15) is 5.82 Å². The number of methoxy groups -OCH3 is 1. The lowest BCUT2D eigenvalue weighted by molar-refractivity contribution is 0.186. The SMILES string of the molecule is CCNC(=O)N1CCC(c2nc3ccncc3n2CCOC)C1. The molecule has 2 aromatic heterocycles. The number of nitrogens with zero attached hydrogens (tertiary/aromatic N) is 4. The largest absolute Gasteiger partial charge is 0.383 e. The number of urea groups is 1. The van der Waals surface area contributed by atoms with Crippen molar-refractivity contribution in [1.29, 1.82) is 0 Å². The average Bonchev–Trinajstić information content (AvgIpc) is 3.18. The van der Waals surface area contributed by atoms with Gasteiger partial charge < -0.3 is 19.5 Å². The third kappa shape index (κ3) is 3.14. The Balaban J connectivity index is 1.86. The van der Waals surface area contributed by atoms with Crippen molar-refractivity contribution in [3.63, 3.8) is 0 Å². The van der Waals surface area contributed by atoms with E-state index in [-0.39, 0.29) is 11.9 Å². The minimum atomic E-state index is 0.0104. The molecule has 7 nitrogen and oxygen atoms in total. The van der Waals surface area contributed by atoms with E-state index in [1.54, 1.807) is 13.3 Å². The highest BCUT2D eigenvalue weighted by Gasteiger charge is 2.30. The van der Waals surface area contributed by atoms with E-state index in [0.29, 0.717) is 19.7 Å². The Morgan fingerprint density at radius 3 is 3.17 bits per heavy atom. The summed E-state index contributed by atoms with van der Waals surface area (Å²) >= 11 is 0. The average molecular weight is 317 g/mol. The zero-order valence-electron chi connectivity index (χ0n) is 13.7. The topological polar surface area (TPSA) is 72.3 Å². The van der Waals surface area contributed by atoms with Crippen LogP contribution in [0.4, 0.5) is 4.79 Å². The zero-order chi connectivity index (χ0) is 16.2. The molecule has 0 saturated carbocycles. The normalized spacial score (nSPS) is 17.8. The van der Waals surface area contributed by atoms with Crippen LogP contribution in [-0.4, -0.2) is 58.8 Å². The highest BCUT2D eigenvalue weighted by molar-refractivity contribution is 5.76. The fourth-order valence-electron chi connectivity index (χ4n) is 3.14. The number of pyridine rings is 1. The number of likely N-dealkylation sites (tertiary alicyclic amines) is 1. The molecule has 0 aromatic carbocycles. The van der Waals surface area contributed by atoms with Crippen LogP contribution in [0.15, 0.2) is 18.5 Å². The van der Waals surface area contributed by atoms with Crippen LogP contribution >= 0.6 is 0 Å². The Hall–Kier alpha value is -2.15. The molecular formula is C16H23N5O2. The Morgan fingerprint density at radius 2 is 2.39 bits per heavy atom. The summed E-state index contributed by atoms with van der Waals surface area (Å²) < 4.78 is 7.41. The number of imidazole rings is 1. The minimum absolute atomic E-state index is 0.0104. The number of ether oxygens (including phenoxy) is 1. The van der Waals surface area contributed by atoms with E-state index in [4.69, 9.17) is 9.72 Å². The van der Waals surface area contributed by atoms with Gasteiger partial charge in [-0.1, -0.05) is 0 Å². The molecule has 0 bridgehead atoms. The summed E-state index contributed by atoms with van der Waals surface area (Å²) in [7, 11) is 1.70. The van der Waals surface area contributed by atoms with Crippen LogP contribution in [0.2, 0.25) is 0 Å².